The van der Waals surface area contributed by atoms with E-state index in [-0.39, 0.29) is 5.91 Å². The van der Waals surface area contributed by atoms with Crippen LogP contribution >= 0.6 is 0 Å². The molecule has 1 aliphatic rings. The molecule has 3 rings (SSSR count). The molecule has 2 heterocycles. The molecule has 1 aromatic carbocycles. The van der Waals surface area contributed by atoms with E-state index < -0.39 is 0 Å². The molecule has 5 heteroatoms. The van der Waals surface area contributed by atoms with Crippen LogP contribution in [-0.2, 0) is 17.6 Å². The molecule has 24 heavy (non-hydrogen) atoms. The summed E-state index contributed by atoms with van der Waals surface area (Å²) in [6.45, 7) is 2.69. The van der Waals surface area contributed by atoms with E-state index in [1.54, 1.807) is 6.92 Å². The van der Waals surface area contributed by atoms with Gasteiger partial charge >= 0.3 is 0 Å². The van der Waals surface area contributed by atoms with Gasteiger partial charge in [-0.1, -0.05) is 35.5 Å². The molecule has 0 saturated carbocycles. The van der Waals surface area contributed by atoms with Gasteiger partial charge in [-0.15, -0.1) is 0 Å². The van der Waals surface area contributed by atoms with Crippen LogP contribution in [0.2, 0.25) is 0 Å². The molecule has 1 fully saturated rings. The zero-order chi connectivity index (χ0) is 16.8. The van der Waals surface area contributed by atoms with Gasteiger partial charge in [0.05, 0.1) is 0 Å². The Bertz CT molecular complexity index is 654. The maximum atomic E-state index is 12.7. The molecular weight excluding hydrogens is 302 g/mol. The number of hydrogen-bond donors (Lipinski definition) is 0. The van der Waals surface area contributed by atoms with E-state index in [0.29, 0.717) is 30.6 Å². The number of nitrogens with zero attached hydrogens (tertiary/aromatic N) is 3. The second kappa shape index (κ2) is 8.08. The first-order valence-electron chi connectivity index (χ1n) is 8.85. The number of benzene rings is 1. The zero-order valence-electron chi connectivity index (χ0n) is 14.3. The lowest BCUT2D eigenvalue weighted by Crippen LogP contribution is -2.44. The Balaban J connectivity index is 1.53. The van der Waals surface area contributed by atoms with Crippen molar-refractivity contribution in [1.29, 1.82) is 0 Å². The predicted octanol–water partition coefficient (Wildman–Crippen LogP) is 3.32. The standard InChI is InChI=1S/C19H25N3O2/c1-15-20-18(24-21-15)11-7-12-19(23)22-13-6-5-10-17(22)14-16-8-3-2-4-9-16/h2-4,8-9,17H,5-7,10-14H2,1H3/t17-/m1/s1. The van der Waals surface area contributed by atoms with Gasteiger partial charge in [0.15, 0.2) is 5.82 Å². The van der Waals surface area contributed by atoms with E-state index in [4.69, 9.17) is 4.52 Å². The molecule has 0 radical (unpaired) electrons. The number of carbonyl (C=O) groups excluding carboxylic acids is 1. The average Bonchev–Trinajstić information content (AvgIpc) is 3.01. The van der Waals surface area contributed by atoms with Crippen molar-refractivity contribution >= 4 is 5.91 Å². The van der Waals surface area contributed by atoms with Gasteiger partial charge in [0.2, 0.25) is 11.8 Å². The first-order valence-corrected chi connectivity index (χ1v) is 8.85. The van der Waals surface area contributed by atoms with Crippen LogP contribution < -0.4 is 0 Å². The molecule has 1 atom stereocenters. The van der Waals surface area contributed by atoms with Crippen molar-refractivity contribution in [3.8, 4) is 0 Å². The van der Waals surface area contributed by atoms with Crippen LogP contribution in [0.15, 0.2) is 34.9 Å². The lowest BCUT2D eigenvalue weighted by atomic mass is 9.95. The fraction of sp³-hybridized carbons (Fsp3) is 0.526. The van der Waals surface area contributed by atoms with E-state index in [9.17, 15) is 4.79 Å². The molecule has 0 bridgehead atoms. The lowest BCUT2D eigenvalue weighted by Gasteiger charge is -2.36. The molecule has 2 aromatic rings. The van der Waals surface area contributed by atoms with Gasteiger partial charge < -0.3 is 9.42 Å². The largest absolute Gasteiger partial charge is 0.339 e. The Morgan fingerprint density at radius 1 is 1.29 bits per heavy atom. The average molecular weight is 327 g/mol. The van der Waals surface area contributed by atoms with Crippen LogP contribution in [0.25, 0.3) is 0 Å². The third-order valence-corrected chi connectivity index (χ3v) is 4.61. The number of amides is 1. The number of hydrogen-bond acceptors (Lipinski definition) is 4. The van der Waals surface area contributed by atoms with Gasteiger partial charge in [0, 0.05) is 25.4 Å². The molecule has 1 saturated heterocycles. The second-order valence-electron chi connectivity index (χ2n) is 6.52. The van der Waals surface area contributed by atoms with Gasteiger partial charge in [-0.25, -0.2) is 0 Å². The second-order valence-corrected chi connectivity index (χ2v) is 6.52. The highest BCUT2D eigenvalue weighted by atomic mass is 16.5. The normalized spacial score (nSPS) is 17.9. The van der Waals surface area contributed by atoms with Crippen molar-refractivity contribution in [3.63, 3.8) is 0 Å². The number of piperidine rings is 1. The highest BCUT2D eigenvalue weighted by Gasteiger charge is 2.26. The highest BCUT2D eigenvalue weighted by molar-refractivity contribution is 5.76. The number of aryl methyl sites for hydroxylation is 2. The van der Waals surface area contributed by atoms with Crippen molar-refractivity contribution in [1.82, 2.24) is 15.0 Å². The van der Waals surface area contributed by atoms with Gasteiger partial charge in [-0.05, 0) is 44.6 Å². The number of likely N-dealkylation sites (tertiary alicyclic amines) is 1. The van der Waals surface area contributed by atoms with Crippen molar-refractivity contribution in [2.45, 2.75) is 57.9 Å². The number of rotatable bonds is 6. The minimum absolute atomic E-state index is 0.256. The maximum absolute atomic E-state index is 12.7. The number of aromatic nitrogens is 2. The Morgan fingerprint density at radius 2 is 2.12 bits per heavy atom. The summed E-state index contributed by atoms with van der Waals surface area (Å²) < 4.78 is 5.11. The fourth-order valence-electron chi connectivity index (χ4n) is 3.40. The highest BCUT2D eigenvalue weighted by Crippen LogP contribution is 2.22. The maximum Gasteiger partial charge on any atom is 0.226 e. The molecule has 1 aliphatic heterocycles. The zero-order valence-corrected chi connectivity index (χ0v) is 14.3. The van der Waals surface area contributed by atoms with E-state index in [1.165, 1.54) is 12.0 Å². The topological polar surface area (TPSA) is 59.2 Å². The summed E-state index contributed by atoms with van der Waals surface area (Å²) in [4.78, 5) is 18.9. The van der Waals surface area contributed by atoms with E-state index in [2.05, 4.69) is 39.3 Å². The van der Waals surface area contributed by atoms with Crippen molar-refractivity contribution in [3.05, 3.63) is 47.6 Å². The summed E-state index contributed by atoms with van der Waals surface area (Å²) in [5, 5.41) is 3.78. The van der Waals surface area contributed by atoms with Crippen molar-refractivity contribution < 1.29 is 9.32 Å². The van der Waals surface area contributed by atoms with Crippen LogP contribution in [-0.4, -0.2) is 33.5 Å². The van der Waals surface area contributed by atoms with Crippen LogP contribution in [0.5, 0.6) is 0 Å². The summed E-state index contributed by atoms with van der Waals surface area (Å²) in [6, 6.07) is 10.8. The fourth-order valence-corrected chi connectivity index (χ4v) is 3.40. The predicted molar refractivity (Wildman–Crippen MR) is 91.5 cm³/mol. The molecule has 128 valence electrons. The molecule has 5 nitrogen and oxygen atoms in total. The van der Waals surface area contributed by atoms with Crippen LogP contribution in [0.1, 0.15) is 49.4 Å². The Morgan fingerprint density at radius 3 is 2.88 bits per heavy atom. The Kier molecular flexibility index (Phi) is 5.62. The minimum Gasteiger partial charge on any atom is -0.339 e. The van der Waals surface area contributed by atoms with Crippen LogP contribution in [0.3, 0.4) is 0 Å². The first-order chi connectivity index (χ1) is 11.7. The molecule has 0 spiro atoms. The first kappa shape index (κ1) is 16.7. The molecule has 0 unspecified atom stereocenters. The summed E-state index contributed by atoms with van der Waals surface area (Å²) in [5.74, 6) is 1.53. The summed E-state index contributed by atoms with van der Waals surface area (Å²) in [5.41, 5.74) is 1.31. The third-order valence-electron chi connectivity index (χ3n) is 4.61. The van der Waals surface area contributed by atoms with E-state index in [0.717, 1.165) is 32.2 Å². The van der Waals surface area contributed by atoms with Crippen molar-refractivity contribution in [2.75, 3.05) is 6.54 Å². The van der Waals surface area contributed by atoms with Crippen LogP contribution in [0.4, 0.5) is 0 Å². The summed E-state index contributed by atoms with van der Waals surface area (Å²) in [7, 11) is 0. The molecule has 0 aliphatic carbocycles. The van der Waals surface area contributed by atoms with E-state index >= 15 is 0 Å². The molecule has 1 amide bonds. The van der Waals surface area contributed by atoms with Gasteiger partial charge in [0.25, 0.3) is 0 Å². The van der Waals surface area contributed by atoms with E-state index in [1.807, 2.05) is 6.07 Å². The SMILES string of the molecule is Cc1noc(CCCC(=O)N2CCCC[C@@H]2Cc2ccccc2)n1. The van der Waals surface area contributed by atoms with Gasteiger partial charge in [0.1, 0.15) is 0 Å². The van der Waals surface area contributed by atoms with Gasteiger partial charge in [-0.2, -0.15) is 4.98 Å². The Hall–Kier alpha value is -2.17. The van der Waals surface area contributed by atoms with Gasteiger partial charge in [-0.3, -0.25) is 4.79 Å². The smallest absolute Gasteiger partial charge is 0.226 e. The summed E-state index contributed by atoms with van der Waals surface area (Å²) in [6.07, 6.45) is 6.35. The summed E-state index contributed by atoms with van der Waals surface area (Å²) >= 11 is 0. The Labute approximate surface area is 143 Å². The quantitative estimate of drug-likeness (QED) is 0.816. The van der Waals surface area contributed by atoms with Crippen LogP contribution in [0, 0.1) is 6.92 Å². The molecular formula is C19H25N3O2. The molecule has 1 aromatic heterocycles. The third kappa shape index (κ3) is 4.43. The minimum atomic E-state index is 0.256. The van der Waals surface area contributed by atoms with Crippen molar-refractivity contribution in [2.24, 2.45) is 0 Å². The molecule has 0 N–H and O–H groups in total. The number of carbonyl (C=O) groups is 1. The lowest BCUT2D eigenvalue weighted by molar-refractivity contribution is -0.134. The monoisotopic (exact) mass is 327 g/mol.